The number of carbonyl (C=O) groups is 2. The highest BCUT2D eigenvalue weighted by molar-refractivity contribution is 6.45. The van der Waals surface area contributed by atoms with Gasteiger partial charge in [-0.15, -0.1) is 0 Å². The fraction of sp³-hybridized carbons (Fsp3) is 0.333. The lowest BCUT2D eigenvalue weighted by Crippen LogP contribution is -2.48. The summed E-state index contributed by atoms with van der Waals surface area (Å²) >= 11 is 0. The first-order valence-corrected chi connectivity index (χ1v) is 10.5. The molecule has 7 heteroatoms. The molecule has 162 valence electrons. The molecule has 2 aliphatic rings. The number of aryl methyl sites for hydroxylation is 2. The molecule has 0 unspecified atom stereocenters. The van der Waals surface area contributed by atoms with Crippen LogP contribution in [0, 0.1) is 19.7 Å². The molecule has 2 aliphatic heterocycles. The third kappa shape index (κ3) is 3.86. The number of nitrogens with zero attached hydrogens (tertiary/aromatic N) is 3. The van der Waals surface area contributed by atoms with E-state index < -0.39 is 17.6 Å². The molecule has 31 heavy (non-hydrogen) atoms. The Morgan fingerprint density at radius 1 is 0.935 bits per heavy atom. The first-order valence-electron chi connectivity index (χ1n) is 10.5. The van der Waals surface area contributed by atoms with Gasteiger partial charge in [0.05, 0.1) is 17.9 Å². The van der Waals surface area contributed by atoms with Crippen LogP contribution >= 0.6 is 0 Å². The SMILES string of the molecule is Cc1ccc(C2=C(N3CCN(CCO)CC3)C(=O)N(c3ccccc3F)C2=O)cc1C. The Kier molecular flexibility index (Phi) is 5.89. The van der Waals surface area contributed by atoms with Crippen molar-refractivity contribution in [3.8, 4) is 0 Å². The van der Waals surface area contributed by atoms with Crippen molar-refractivity contribution in [1.82, 2.24) is 9.80 Å². The minimum atomic E-state index is -0.613. The molecule has 6 nitrogen and oxygen atoms in total. The molecule has 0 atom stereocenters. The monoisotopic (exact) mass is 423 g/mol. The molecule has 0 saturated carbocycles. The van der Waals surface area contributed by atoms with Gasteiger partial charge in [-0.1, -0.05) is 30.3 Å². The van der Waals surface area contributed by atoms with Gasteiger partial charge >= 0.3 is 0 Å². The van der Waals surface area contributed by atoms with Crippen LogP contribution < -0.4 is 4.90 Å². The van der Waals surface area contributed by atoms with Crippen molar-refractivity contribution >= 4 is 23.1 Å². The van der Waals surface area contributed by atoms with Gasteiger partial charge in [-0.2, -0.15) is 0 Å². The van der Waals surface area contributed by atoms with Gasteiger partial charge in [0, 0.05) is 32.7 Å². The highest BCUT2D eigenvalue weighted by atomic mass is 19.1. The number of para-hydroxylation sites is 1. The number of rotatable bonds is 5. The van der Waals surface area contributed by atoms with Crippen LogP contribution in [0.3, 0.4) is 0 Å². The van der Waals surface area contributed by atoms with Crippen LogP contribution in [-0.2, 0) is 9.59 Å². The smallest absolute Gasteiger partial charge is 0.282 e. The molecule has 4 rings (SSSR count). The Morgan fingerprint density at radius 2 is 1.65 bits per heavy atom. The third-order valence-electron chi connectivity index (χ3n) is 6.05. The van der Waals surface area contributed by atoms with Crippen molar-refractivity contribution in [2.45, 2.75) is 13.8 Å². The number of β-amino-alcohol motifs (C(OH)–C–C–N with tert-alkyl or cyclic N) is 1. The fourth-order valence-corrected chi connectivity index (χ4v) is 4.16. The number of benzene rings is 2. The molecule has 1 N–H and O–H groups in total. The maximum absolute atomic E-state index is 14.5. The maximum atomic E-state index is 14.5. The molecule has 0 radical (unpaired) electrons. The molecule has 0 aliphatic carbocycles. The van der Waals surface area contributed by atoms with E-state index in [9.17, 15) is 19.1 Å². The quantitative estimate of drug-likeness (QED) is 0.748. The first kappa shape index (κ1) is 21.2. The van der Waals surface area contributed by atoms with Gasteiger partial charge in [0.25, 0.3) is 11.8 Å². The summed E-state index contributed by atoms with van der Waals surface area (Å²) in [5.41, 5.74) is 3.36. The number of piperazine rings is 1. The minimum absolute atomic E-state index is 0.0345. The normalized spacial score (nSPS) is 17.8. The molecule has 2 heterocycles. The van der Waals surface area contributed by atoms with E-state index >= 15 is 0 Å². The summed E-state index contributed by atoms with van der Waals surface area (Å²) in [5.74, 6) is -1.62. The number of hydrogen-bond donors (Lipinski definition) is 1. The van der Waals surface area contributed by atoms with Gasteiger partial charge in [-0.05, 0) is 42.7 Å². The molecule has 0 spiro atoms. The third-order valence-corrected chi connectivity index (χ3v) is 6.05. The average Bonchev–Trinajstić information content (AvgIpc) is 3.01. The van der Waals surface area contributed by atoms with E-state index in [1.165, 1.54) is 18.2 Å². The second kappa shape index (κ2) is 8.61. The summed E-state index contributed by atoms with van der Waals surface area (Å²) in [7, 11) is 0. The standard InChI is InChI=1S/C24H26FN3O3/c1-16-7-8-18(15-17(16)2)21-22(27-11-9-26(10-12-27)13-14-29)24(31)28(23(21)30)20-6-4-3-5-19(20)25/h3-8,15,29H,9-14H2,1-2H3. The lowest BCUT2D eigenvalue weighted by molar-refractivity contribution is -0.120. The topological polar surface area (TPSA) is 64.1 Å². The van der Waals surface area contributed by atoms with E-state index in [-0.39, 0.29) is 12.3 Å². The van der Waals surface area contributed by atoms with Gasteiger partial charge in [-0.3, -0.25) is 14.5 Å². The number of imide groups is 1. The van der Waals surface area contributed by atoms with Crippen LogP contribution in [0.15, 0.2) is 48.2 Å². The Labute approximate surface area is 181 Å². The summed E-state index contributed by atoms with van der Waals surface area (Å²) in [6.07, 6.45) is 0. The number of hydrogen-bond acceptors (Lipinski definition) is 5. The zero-order valence-electron chi connectivity index (χ0n) is 17.8. The number of aliphatic hydroxyl groups excluding tert-OH is 1. The molecule has 1 saturated heterocycles. The fourth-order valence-electron chi connectivity index (χ4n) is 4.16. The average molecular weight is 423 g/mol. The molecular weight excluding hydrogens is 397 g/mol. The molecular formula is C24H26FN3O3. The van der Waals surface area contributed by atoms with Crippen molar-refractivity contribution in [2.75, 3.05) is 44.2 Å². The summed E-state index contributed by atoms with van der Waals surface area (Å²) in [6.45, 7) is 7.04. The molecule has 2 amide bonds. The van der Waals surface area contributed by atoms with Crippen LogP contribution in [-0.4, -0.2) is 66.1 Å². The number of halogens is 1. The number of anilines is 1. The van der Waals surface area contributed by atoms with E-state index in [0.29, 0.717) is 49.6 Å². The van der Waals surface area contributed by atoms with Gasteiger partial charge in [0.2, 0.25) is 0 Å². The van der Waals surface area contributed by atoms with Crippen LogP contribution in [0.5, 0.6) is 0 Å². The zero-order chi connectivity index (χ0) is 22.1. The Balaban J connectivity index is 1.78. The Hall–Kier alpha value is -3.03. The minimum Gasteiger partial charge on any atom is -0.395 e. The highest BCUT2D eigenvalue weighted by Gasteiger charge is 2.43. The van der Waals surface area contributed by atoms with Crippen LogP contribution in [0.25, 0.3) is 5.57 Å². The predicted octanol–water partition coefficient (Wildman–Crippen LogP) is 2.34. The summed E-state index contributed by atoms with van der Waals surface area (Å²) in [5, 5.41) is 9.19. The largest absolute Gasteiger partial charge is 0.395 e. The summed E-state index contributed by atoms with van der Waals surface area (Å²) in [4.78, 5) is 32.0. The van der Waals surface area contributed by atoms with Crippen molar-refractivity contribution in [1.29, 1.82) is 0 Å². The Morgan fingerprint density at radius 3 is 2.29 bits per heavy atom. The van der Waals surface area contributed by atoms with E-state index in [4.69, 9.17) is 0 Å². The van der Waals surface area contributed by atoms with Crippen LogP contribution in [0.4, 0.5) is 10.1 Å². The highest BCUT2D eigenvalue weighted by Crippen LogP contribution is 2.36. The molecule has 2 aromatic carbocycles. The van der Waals surface area contributed by atoms with E-state index in [2.05, 4.69) is 4.90 Å². The number of aliphatic hydroxyl groups is 1. The van der Waals surface area contributed by atoms with Crippen molar-refractivity contribution in [3.05, 3.63) is 70.7 Å². The zero-order valence-corrected chi connectivity index (χ0v) is 17.8. The van der Waals surface area contributed by atoms with E-state index in [1.54, 1.807) is 6.07 Å². The maximum Gasteiger partial charge on any atom is 0.282 e. The summed E-state index contributed by atoms with van der Waals surface area (Å²) < 4.78 is 14.5. The molecule has 0 aromatic heterocycles. The van der Waals surface area contributed by atoms with E-state index in [0.717, 1.165) is 16.0 Å². The van der Waals surface area contributed by atoms with Crippen molar-refractivity contribution < 1.29 is 19.1 Å². The summed E-state index contributed by atoms with van der Waals surface area (Å²) in [6, 6.07) is 11.5. The van der Waals surface area contributed by atoms with Gasteiger partial charge < -0.3 is 10.0 Å². The molecule has 2 aromatic rings. The predicted molar refractivity (Wildman–Crippen MR) is 117 cm³/mol. The van der Waals surface area contributed by atoms with Crippen molar-refractivity contribution in [2.24, 2.45) is 0 Å². The first-order chi connectivity index (χ1) is 14.9. The van der Waals surface area contributed by atoms with Crippen LogP contribution in [0.2, 0.25) is 0 Å². The van der Waals surface area contributed by atoms with E-state index in [1.807, 2.05) is 36.9 Å². The number of amides is 2. The van der Waals surface area contributed by atoms with Gasteiger partial charge in [-0.25, -0.2) is 9.29 Å². The molecule has 1 fully saturated rings. The Bertz CT molecular complexity index is 1060. The lowest BCUT2D eigenvalue weighted by Gasteiger charge is -2.36. The molecule has 0 bridgehead atoms. The van der Waals surface area contributed by atoms with Crippen molar-refractivity contribution in [3.63, 3.8) is 0 Å². The number of carbonyl (C=O) groups excluding carboxylic acids is 2. The van der Waals surface area contributed by atoms with Crippen LogP contribution in [0.1, 0.15) is 16.7 Å². The second-order valence-corrected chi connectivity index (χ2v) is 7.97. The van der Waals surface area contributed by atoms with Gasteiger partial charge in [0.15, 0.2) is 0 Å². The second-order valence-electron chi connectivity index (χ2n) is 7.97. The van der Waals surface area contributed by atoms with Gasteiger partial charge in [0.1, 0.15) is 11.5 Å². The lowest BCUT2D eigenvalue weighted by atomic mass is 9.99.